The van der Waals surface area contributed by atoms with E-state index in [1.807, 2.05) is 55.7 Å². The molecule has 0 spiro atoms. The van der Waals surface area contributed by atoms with Crippen molar-refractivity contribution in [3.05, 3.63) is 164 Å². The fourth-order valence-electron chi connectivity index (χ4n) is 6.09. The summed E-state index contributed by atoms with van der Waals surface area (Å²) in [5.41, 5.74) is 11.2. The van der Waals surface area contributed by atoms with Gasteiger partial charge in [0.25, 0.3) is 0 Å². The van der Waals surface area contributed by atoms with Crippen molar-refractivity contribution in [2.75, 3.05) is 0 Å². The first-order valence-electron chi connectivity index (χ1n) is 14.7. The van der Waals surface area contributed by atoms with E-state index in [4.69, 9.17) is 0 Å². The molecule has 0 fully saturated rings. The van der Waals surface area contributed by atoms with Gasteiger partial charge in [-0.05, 0) is 58.0 Å². The Morgan fingerprint density at radius 1 is 0.556 bits per heavy atom. The van der Waals surface area contributed by atoms with Crippen molar-refractivity contribution in [3.8, 4) is 33.6 Å². The van der Waals surface area contributed by atoms with Crippen LogP contribution in [0.4, 0.5) is 0 Å². The Bertz CT molecular complexity index is 2380. The van der Waals surface area contributed by atoms with Crippen LogP contribution < -0.4 is 0 Å². The second-order valence-corrected chi connectivity index (χ2v) is 11.0. The Morgan fingerprint density at radius 2 is 1.33 bits per heavy atom. The normalized spacial score (nSPS) is 11.0. The van der Waals surface area contributed by atoms with E-state index in [1.165, 1.54) is 54.8 Å². The van der Waals surface area contributed by atoms with Gasteiger partial charge in [0.1, 0.15) is 0 Å². The summed E-state index contributed by atoms with van der Waals surface area (Å²) >= 11 is 0. The second-order valence-electron chi connectivity index (χ2n) is 11.0. The summed E-state index contributed by atoms with van der Waals surface area (Å²) in [5, 5.41) is 5.12. The van der Waals surface area contributed by atoms with Crippen molar-refractivity contribution >= 4 is 38.1 Å². The minimum Gasteiger partial charge on any atom is -0.350 e. The smallest absolute Gasteiger partial charge is 0.0516 e. The van der Waals surface area contributed by atoms with Crippen LogP contribution in [0.5, 0.6) is 0 Å². The van der Waals surface area contributed by atoms with E-state index in [0.717, 1.165) is 22.5 Å². The first-order chi connectivity index (χ1) is 21.7. The van der Waals surface area contributed by atoms with Gasteiger partial charge < -0.3 is 14.4 Å². The van der Waals surface area contributed by atoms with Crippen molar-refractivity contribution in [2.24, 2.45) is 0 Å². The third-order valence-corrected chi connectivity index (χ3v) is 8.19. The number of hydrogen-bond acceptors (Lipinski definition) is 2. The molecule has 3 nitrogen and oxygen atoms in total. The van der Waals surface area contributed by atoms with Crippen LogP contribution in [0.25, 0.3) is 71.7 Å². The molecule has 0 saturated heterocycles. The van der Waals surface area contributed by atoms with Crippen molar-refractivity contribution < 1.29 is 20.1 Å². The third-order valence-electron chi connectivity index (χ3n) is 8.19. The van der Waals surface area contributed by atoms with Crippen molar-refractivity contribution in [1.29, 1.82) is 0 Å². The standard InChI is InChI=1S/C29H17N2.C12H10N.Ir/c1-2-7-19(8-3-1)20-15-16-30-26(18-20)21-13-14-28-25(17-21)24-11-6-10-23-22-9-4-5-12-27(22)31(28)29(23)24;1-10-7-8-12(13-9-10)11-5-3-2-4-6-11;/h1-12,14-18H;2-5,7-9H,1H3;/q2*-1;. The molecule has 4 heterocycles. The summed E-state index contributed by atoms with van der Waals surface area (Å²) < 4.78 is 2.38. The molecule has 0 atom stereocenters. The molecule has 217 valence electrons. The van der Waals surface area contributed by atoms with Crippen LogP contribution in [-0.2, 0) is 20.1 Å². The molecule has 4 heteroatoms. The summed E-state index contributed by atoms with van der Waals surface area (Å²) in [4.78, 5) is 8.98. The number of rotatable bonds is 3. The quantitative estimate of drug-likeness (QED) is 0.168. The van der Waals surface area contributed by atoms with Gasteiger partial charge in [-0.25, -0.2) is 0 Å². The van der Waals surface area contributed by atoms with Crippen LogP contribution in [0.2, 0.25) is 0 Å². The Labute approximate surface area is 275 Å². The molecular weight excluding hydrogens is 727 g/mol. The van der Waals surface area contributed by atoms with Gasteiger partial charge in [0, 0.05) is 48.8 Å². The molecule has 0 unspecified atom stereocenters. The molecule has 0 bridgehead atoms. The maximum Gasteiger partial charge on any atom is 0.0516 e. The summed E-state index contributed by atoms with van der Waals surface area (Å²) in [6.07, 6.45) is 3.76. The minimum atomic E-state index is 0. The first kappa shape index (κ1) is 28.6. The second kappa shape index (κ2) is 12.1. The van der Waals surface area contributed by atoms with Crippen molar-refractivity contribution in [1.82, 2.24) is 14.4 Å². The van der Waals surface area contributed by atoms with Gasteiger partial charge in [0.05, 0.1) is 5.52 Å². The summed E-state index contributed by atoms with van der Waals surface area (Å²) in [6.45, 7) is 2.03. The molecule has 9 aromatic rings. The molecule has 0 saturated carbocycles. The van der Waals surface area contributed by atoms with E-state index in [2.05, 4.69) is 124 Å². The molecule has 0 aliphatic heterocycles. The Morgan fingerprint density at radius 3 is 2.13 bits per heavy atom. The van der Waals surface area contributed by atoms with Crippen molar-refractivity contribution in [3.63, 3.8) is 0 Å². The number of fused-ring (bicyclic) bond motifs is 6. The van der Waals surface area contributed by atoms with Gasteiger partial charge in [0.15, 0.2) is 0 Å². The largest absolute Gasteiger partial charge is 0.350 e. The van der Waals surface area contributed by atoms with E-state index < -0.39 is 0 Å². The van der Waals surface area contributed by atoms with E-state index in [-0.39, 0.29) is 20.1 Å². The predicted molar refractivity (Wildman–Crippen MR) is 182 cm³/mol. The topological polar surface area (TPSA) is 30.2 Å². The fourth-order valence-corrected chi connectivity index (χ4v) is 6.09. The average molecular weight is 754 g/mol. The predicted octanol–water partition coefficient (Wildman–Crippen LogP) is 10.2. The van der Waals surface area contributed by atoms with Crippen LogP contribution >= 0.6 is 0 Å². The van der Waals surface area contributed by atoms with Gasteiger partial charge in [-0.15, -0.1) is 59.7 Å². The molecule has 4 aromatic heterocycles. The molecule has 0 aliphatic carbocycles. The zero-order chi connectivity index (χ0) is 29.5. The van der Waals surface area contributed by atoms with E-state index in [9.17, 15) is 0 Å². The van der Waals surface area contributed by atoms with Gasteiger partial charge in [-0.3, -0.25) is 0 Å². The molecule has 9 rings (SSSR count). The fraction of sp³-hybridized carbons (Fsp3) is 0.0244. The number of nitrogens with zero attached hydrogens (tertiary/aromatic N) is 3. The molecule has 0 amide bonds. The molecule has 0 N–H and O–H groups in total. The summed E-state index contributed by atoms with van der Waals surface area (Å²) in [6, 6.07) is 52.8. The zero-order valence-electron chi connectivity index (χ0n) is 24.5. The van der Waals surface area contributed by atoms with Crippen LogP contribution in [-0.4, -0.2) is 14.4 Å². The molecule has 45 heavy (non-hydrogen) atoms. The van der Waals surface area contributed by atoms with Gasteiger partial charge >= 0.3 is 0 Å². The zero-order valence-corrected chi connectivity index (χ0v) is 26.9. The van der Waals surface area contributed by atoms with E-state index in [0.29, 0.717) is 0 Å². The Balaban J connectivity index is 0.000000196. The number of aryl methyl sites for hydroxylation is 1. The Hall–Kier alpha value is -5.15. The molecule has 1 radical (unpaired) electrons. The number of hydrogen-bond donors (Lipinski definition) is 0. The molecule has 5 aromatic carbocycles. The summed E-state index contributed by atoms with van der Waals surface area (Å²) in [7, 11) is 0. The van der Waals surface area contributed by atoms with Gasteiger partial charge in [0.2, 0.25) is 0 Å². The van der Waals surface area contributed by atoms with Crippen LogP contribution in [0.3, 0.4) is 0 Å². The van der Waals surface area contributed by atoms with Crippen LogP contribution in [0.1, 0.15) is 5.56 Å². The van der Waals surface area contributed by atoms with Gasteiger partial charge in [-0.1, -0.05) is 90.3 Å². The number of pyridine rings is 2. The molecule has 0 aliphatic rings. The van der Waals surface area contributed by atoms with Gasteiger partial charge in [-0.2, -0.15) is 0 Å². The maximum atomic E-state index is 4.66. The minimum absolute atomic E-state index is 0. The van der Waals surface area contributed by atoms with Crippen molar-refractivity contribution in [2.45, 2.75) is 6.92 Å². The third kappa shape index (κ3) is 5.19. The number of para-hydroxylation sites is 2. The average Bonchev–Trinajstić information content (AvgIpc) is 3.62. The number of benzene rings is 5. The van der Waals surface area contributed by atoms with E-state index in [1.54, 1.807) is 0 Å². The monoisotopic (exact) mass is 754 g/mol. The first-order valence-corrected chi connectivity index (χ1v) is 14.7. The maximum absolute atomic E-state index is 4.66. The van der Waals surface area contributed by atoms with Crippen LogP contribution in [0, 0.1) is 19.1 Å². The molecular formula is C41H27IrN3-2. The Kier molecular flexibility index (Phi) is 7.69. The number of aromatic nitrogens is 3. The van der Waals surface area contributed by atoms with Crippen LogP contribution in [0.15, 0.2) is 146 Å². The SMILES string of the molecule is Cc1ccc(-c2[c-]cccc2)nc1.[Ir].[c-]1cc2c(cc1-c1cc(-c3ccccc3)ccn1)c1cccc3c4ccccc4n2c13. The van der Waals surface area contributed by atoms with E-state index >= 15 is 0 Å². The summed E-state index contributed by atoms with van der Waals surface area (Å²) in [5.74, 6) is 0.